The number of hydrogen-bond donors (Lipinski definition) is 1. The lowest BCUT2D eigenvalue weighted by Crippen LogP contribution is -1.74. The van der Waals surface area contributed by atoms with Gasteiger partial charge < -0.3 is 9.52 Å². The predicted octanol–water partition coefficient (Wildman–Crippen LogP) is 3.23. The van der Waals surface area contributed by atoms with Crippen molar-refractivity contribution in [1.29, 1.82) is 0 Å². The Morgan fingerprint density at radius 1 is 1.13 bits per heavy atom. The highest BCUT2D eigenvalue weighted by atomic mass is 32.2. The Balaban J connectivity index is 2.11. The van der Waals surface area contributed by atoms with Gasteiger partial charge in [-0.3, -0.25) is 0 Å². The molecule has 1 N–H and O–H groups in total. The van der Waals surface area contributed by atoms with Gasteiger partial charge in [-0.2, -0.15) is 0 Å². The van der Waals surface area contributed by atoms with Crippen LogP contribution in [0.2, 0.25) is 0 Å². The number of furan rings is 1. The van der Waals surface area contributed by atoms with Crippen LogP contribution >= 0.6 is 11.8 Å². The molecule has 2 aromatic rings. The zero-order valence-corrected chi connectivity index (χ0v) is 9.25. The van der Waals surface area contributed by atoms with Crippen molar-refractivity contribution in [1.82, 2.24) is 0 Å². The number of benzene rings is 1. The normalized spacial score (nSPS) is 10.5. The molecule has 0 atom stereocenters. The van der Waals surface area contributed by atoms with Crippen molar-refractivity contribution in [3.05, 3.63) is 47.7 Å². The molecule has 0 aliphatic rings. The first kappa shape index (κ1) is 10.3. The largest absolute Gasteiger partial charge is 0.452 e. The van der Waals surface area contributed by atoms with Crippen LogP contribution in [0.15, 0.2) is 50.8 Å². The Morgan fingerprint density at radius 2 is 1.87 bits per heavy atom. The molecular weight excluding hydrogens is 208 g/mol. The first-order valence-electron chi connectivity index (χ1n) is 4.72. The van der Waals surface area contributed by atoms with E-state index in [1.165, 1.54) is 5.56 Å². The predicted molar refractivity (Wildman–Crippen MR) is 59.9 cm³/mol. The molecule has 0 aliphatic carbocycles. The number of aliphatic hydroxyl groups is 1. The lowest BCUT2D eigenvalue weighted by atomic mass is 10.2. The van der Waals surface area contributed by atoms with Gasteiger partial charge in [0, 0.05) is 4.90 Å². The van der Waals surface area contributed by atoms with Gasteiger partial charge in [-0.15, -0.1) is 0 Å². The summed E-state index contributed by atoms with van der Waals surface area (Å²) in [7, 11) is 0. The van der Waals surface area contributed by atoms with E-state index in [4.69, 9.17) is 9.52 Å². The standard InChI is InChI=1S/C12H12O2S/c1-9-2-5-11(6-3-9)15-12-7-4-10(8-13)14-12/h2-7,13H,8H2,1H3. The fourth-order valence-corrected chi connectivity index (χ4v) is 2.01. The second kappa shape index (κ2) is 4.55. The Hall–Kier alpha value is -1.19. The molecule has 15 heavy (non-hydrogen) atoms. The summed E-state index contributed by atoms with van der Waals surface area (Å²) in [6.07, 6.45) is 0. The summed E-state index contributed by atoms with van der Waals surface area (Å²) in [6, 6.07) is 11.9. The Morgan fingerprint density at radius 3 is 2.47 bits per heavy atom. The SMILES string of the molecule is Cc1ccc(Sc2ccc(CO)o2)cc1. The molecule has 1 aromatic carbocycles. The minimum absolute atomic E-state index is 0.0472. The quantitative estimate of drug-likeness (QED) is 0.862. The van der Waals surface area contributed by atoms with Crippen molar-refractivity contribution in [3.8, 4) is 0 Å². The number of aliphatic hydroxyl groups excluding tert-OH is 1. The maximum absolute atomic E-state index is 8.85. The monoisotopic (exact) mass is 220 g/mol. The van der Waals surface area contributed by atoms with E-state index < -0.39 is 0 Å². The second-order valence-electron chi connectivity index (χ2n) is 3.29. The smallest absolute Gasteiger partial charge is 0.165 e. The fourth-order valence-electron chi connectivity index (χ4n) is 1.22. The third kappa shape index (κ3) is 2.64. The fraction of sp³-hybridized carbons (Fsp3) is 0.167. The molecule has 1 heterocycles. The van der Waals surface area contributed by atoms with Crippen LogP contribution < -0.4 is 0 Å². The number of aryl methyl sites for hydroxylation is 1. The van der Waals surface area contributed by atoms with Crippen LogP contribution in [0.4, 0.5) is 0 Å². The summed E-state index contributed by atoms with van der Waals surface area (Å²) in [5, 5.41) is 9.66. The van der Waals surface area contributed by atoms with Gasteiger partial charge in [0.2, 0.25) is 0 Å². The topological polar surface area (TPSA) is 33.4 Å². The molecule has 0 amide bonds. The van der Waals surface area contributed by atoms with Gasteiger partial charge >= 0.3 is 0 Å². The van der Waals surface area contributed by atoms with E-state index in [-0.39, 0.29) is 6.61 Å². The molecule has 0 unspecified atom stereocenters. The molecule has 0 aliphatic heterocycles. The van der Waals surface area contributed by atoms with E-state index in [9.17, 15) is 0 Å². The molecule has 0 fully saturated rings. The molecule has 2 nitrogen and oxygen atoms in total. The van der Waals surface area contributed by atoms with Crippen LogP contribution in [-0.4, -0.2) is 5.11 Å². The van der Waals surface area contributed by atoms with E-state index in [2.05, 4.69) is 31.2 Å². The van der Waals surface area contributed by atoms with Crippen molar-refractivity contribution in [2.75, 3.05) is 0 Å². The summed E-state index contributed by atoms with van der Waals surface area (Å²) >= 11 is 1.55. The highest BCUT2D eigenvalue weighted by Gasteiger charge is 2.02. The lowest BCUT2D eigenvalue weighted by molar-refractivity contribution is 0.237. The van der Waals surface area contributed by atoms with Gasteiger partial charge in [0.25, 0.3) is 0 Å². The minimum atomic E-state index is -0.0472. The van der Waals surface area contributed by atoms with Gasteiger partial charge in [-0.1, -0.05) is 29.5 Å². The molecule has 0 bridgehead atoms. The summed E-state index contributed by atoms with van der Waals surface area (Å²) in [4.78, 5) is 1.14. The maximum atomic E-state index is 8.85. The van der Waals surface area contributed by atoms with Crippen LogP contribution in [0.5, 0.6) is 0 Å². The summed E-state index contributed by atoms with van der Waals surface area (Å²) in [5.74, 6) is 0.601. The Labute approximate surface area is 92.9 Å². The van der Waals surface area contributed by atoms with E-state index in [1.807, 2.05) is 6.07 Å². The van der Waals surface area contributed by atoms with E-state index in [0.29, 0.717) is 5.76 Å². The van der Waals surface area contributed by atoms with Crippen LogP contribution in [0.3, 0.4) is 0 Å². The molecule has 3 heteroatoms. The molecule has 1 aromatic heterocycles. The van der Waals surface area contributed by atoms with Crippen LogP contribution in [0.25, 0.3) is 0 Å². The molecule has 0 saturated heterocycles. The number of hydrogen-bond acceptors (Lipinski definition) is 3. The summed E-state index contributed by atoms with van der Waals surface area (Å²) in [6.45, 7) is 2.01. The summed E-state index contributed by atoms with van der Waals surface area (Å²) in [5.41, 5.74) is 1.25. The highest BCUT2D eigenvalue weighted by molar-refractivity contribution is 7.99. The molecule has 0 saturated carbocycles. The second-order valence-corrected chi connectivity index (χ2v) is 4.37. The third-order valence-corrected chi connectivity index (χ3v) is 2.96. The molecule has 78 valence electrons. The lowest BCUT2D eigenvalue weighted by Gasteiger charge is -1.98. The first-order valence-corrected chi connectivity index (χ1v) is 5.53. The maximum Gasteiger partial charge on any atom is 0.165 e. The molecule has 0 spiro atoms. The molecular formula is C12H12O2S. The van der Waals surface area contributed by atoms with Crippen LogP contribution in [-0.2, 0) is 6.61 Å². The van der Waals surface area contributed by atoms with Gasteiger partial charge in [-0.05, 0) is 31.2 Å². The van der Waals surface area contributed by atoms with Gasteiger partial charge in [0.15, 0.2) is 5.09 Å². The van der Waals surface area contributed by atoms with Gasteiger partial charge in [0.05, 0.1) is 0 Å². The molecule has 2 rings (SSSR count). The van der Waals surface area contributed by atoms with Gasteiger partial charge in [0.1, 0.15) is 12.4 Å². The average molecular weight is 220 g/mol. The zero-order chi connectivity index (χ0) is 10.7. The first-order chi connectivity index (χ1) is 7.28. The van der Waals surface area contributed by atoms with E-state index in [0.717, 1.165) is 9.99 Å². The molecule has 0 radical (unpaired) electrons. The van der Waals surface area contributed by atoms with Crippen molar-refractivity contribution in [2.24, 2.45) is 0 Å². The van der Waals surface area contributed by atoms with E-state index in [1.54, 1.807) is 17.8 Å². The van der Waals surface area contributed by atoms with Crippen molar-refractivity contribution in [2.45, 2.75) is 23.5 Å². The average Bonchev–Trinajstić information content (AvgIpc) is 2.69. The van der Waals surface area contributed by atoms with Crippen molar-refractivity contribution < 1.29 is 9.52 Å². The zero-order valence-electron chi connectivity index (χ0n) is 8.43. The highest BCUT2D eigenvalue weighted by Crippen LogP contribution is 2.29. The van der Waals surface area contributed by atoms with Crippen molar-refractivity contribution >= 4 is 11.8 Å². The van der Waals surface area contributed by atoms with Crippen LogP contribution in [0, 0.1) is 6.92 Å². The van der Waals surface area contributed by atoms with Crippen molar-refractivity contribution in [3.63, 3.8) is 0 Å². The summed E-state index contributed by atoms with van der Waals surface area (Å²) < 4.78 is 5.38. The Kier molecular flexibility index (Phi) is 3.14. The van der Waals surface area contributed by atoms with Gasteiger partial charge in [-0.25, -0.2) is 0 Å². The number of rotatable bonds is 3. The van der Waals surface area contributed by atoms with Crippen LogP contribution in [0.1, 0.15) is 11.3 Å². The minimum Gasteiger partial charge on any atom is -0.452 e. The Bertz CT molecular complexity index is 431. The van der Waals surface area contributed by atoms with E-state index >= 15 is 0 Å². The third-order valence-electron chi connectivity index (χ3n) is 2.03.